The van der Waals surface area contributed by atoms with Crippen molar-refractivity contribution in [3.05, 3.63) is 58.6 Å². The van der Waals surface area contributed by atoms with E-state index in [0.717, 1.165) is 5.56 Å². The van der Waals surface area contributed by atoms with Crippen LogP contribution in [-0.2, 0) is 16.1 Å². The molecule has 0 atom stereocenters. The molecule has 24 heavy (non-hydrogen) atoms. The topological polar surface area (TPSA) is 84.9 Å². The van der Waals surface area contributed by atoms with Crippen LogP contribution in [0.5, 0.6) is 11.5 Å². The minimum absolute atomic E-state index is 0.0466. The Balaban J connectivity index is 1.85. The second-order valence-electron chi connectivity index (χ2n) is 4.83. The number of esters is 1. The molecule has 1 amide bonds. The zero-order valence-electron chi connectivity index (χ0n) is 12.9. The molecule has 0 unspecified atom stereocenters. The van der Waals surface area contributed by atoms with Gasteiger partial charge in [-0.05, 0) is 23.8 Å². The zero-order chi connectivity index (χ0) is 17.5. The molecule has 2 rings (SSSR count). The van der Waals surface area contributed by atoms with Crippen LogP contribution in [-0.4, -0.2) is 30.7 Å². The number of carbonyl (C=O) groups is 2. The summed E-state index contributed by atoms with van der Waals surface area (Å²) in [5.74, 6) is -1.16. The third-order valence-corrected chi connectivity index (χ3v) is 3.56. The van der Waals surface area contributed by atoms with E-state index >= 15 is 0 Å². The molecule has 0 aliphatic rings. The van der Waals surface area contributed by atoms with Crippen LogP contribution < -0.4 is 10.1 Å². The number of halogens is 1. The summed E-state index contributed by atoms with van der Waals surface area (Å²) < 4.78 is 9.80. The molecule has 126 valence electrons. The van der Waals surface area contributed by atoms with E-state index in [-0.39, 0.29) is 17.9 Å². The molecule has 2 N–H and O–H groups in total. The molecule has 0 saturated heterocycles. The molecule has 0 fully saturated rings. The summed E-state index contributed by atoms with van der Waals surface area (Å²) in [6.07, 6.45) is 0. The first kappa shape index (κ1) is 17.6. The molecule has 0 aromatic heterocycles. The van der Waals surface area contributed by atoms with Gasteiger partial charge in [0.1, 0.15) is 17.1 Å². The van der Waals surface area contributed by atoms with Gasteiger partial charge in [-0.3, -0.25) is 4.79 Å². The first-order chi connectivity index (χ1) is 11.5. The fourth-order valence-corrected chi connectivity index (χ4v) is 2.11. The van der Waals surface area contributed by atoms with Crippen LogP contribution >= 0.6 is 11.6 Å². The van der Waals surface area contributed by atoms with Crippen molar-refractivity contribution in [3.8, 4) is 11.5 Å². The predicted molar refractivity (Wildman–Crippen MR) is 88.2 cm³/mol. The van der Waals surface area contributed by atoms with Gasteiger partial charge in [0, 0.05) is 17.6 Å². The molecule has 2 aromatic carbocycles. The quantitative estimate of drug-likeness (QED) is 0.783. The van der Waals surface area contributed by atoms with Crippen LogP contribution in [0.4, 0.5) is 0 Å². The summed E-state index contributed by atoms with van der Waals surface area (Å²) in [5, 5.41) is 12.9. The average molecular weight is 350 g/mol. The lowest BCUT2D eigenvalue weighted by Gasteiger charge is -2.09. The van der Waals surface area contributed by atoms with Crippen molar-refractivity contribution in [2.75, 3.05) is 13.7 Å². The largest absolute Gasteiger partial charge is 0.507 e. The lowest BCUT2D eigenvalue weighted by Crippen LogP contribution is -2.28. The number of phenols is 1. The maximum absolute atomic E-state index is 11.9. The van der Waals surface area contributed by atoms with E-state index in [1.807, 2.05) is 0 Å². The van der Waals surface area contributed by atoms with Crippen molar-refractivity contribution in [2.24, 2.45) is 0 Å². The monoisotopic (exact) mass is 349 g/mol. The summed E-state index contributed by atoms with van der Waals surface area (Å²) in [5.41, 5.74) is 0.710. The molecule has 0 radical (unpaired) electrons. The number of hydrogen-bond donors (Lipinski definition) is 2. The number of carbonyl (C=O) groups excluding carboxylic acids is 2. The standard InChI is InChI=1S/C17H16ClNO5/c1-23-12-6-7-13(15(20)8-12)17(22)24-10-16(21)19-9-11-4-2-3-5-14(11)18/h2-8,20H,9-10H2,1H3,(H,19,21). The Morgan fingerprint density at radius 2 is 1.96 bits per heavy atom. The Morgan fingerprint density at radius 1 is 1.21 bits per heavy atom. The molecule has 0 aliphatic carbocycles. The molecular formula is C17H16ClNO5. The number of nitrogens with one attached hydrogen (secondary N) is 1. The fraction of sp³-hybridized carbons (Fsp3) is 0.176. The van der Waals surface area contributed by atoms with Crippen molar-refractivity contribution >= 4 is 23.5 Å². The number of amides is 1. The zero-order valence-corrected chi connectivity index (χ0v) is 13.7. The molecular weight excluding hydrogens is 334 g/mol. The van der Waals surface area contributed by atoms with Crippen LogP contribution in [0.2, 0.25) is 5.02 Å². The normalized spacial score (nSPS) is 10.1. The van der Waals surface area contributed by atoms with Gasteiger partial charge in [0.05, 0.1) is 7.11 Å². The smallest absolute Gasteiger partial charge is 0.342 e. The first-order valence-corrected chi connectivity index (χ1v) is 7.43. The van der Waals surface area contributed by atoms with Gasteiger partial charge in [-0.15, -0.1) is 0 Å². The summed E-state index contributed by atoms with van der Waals surface area (Å²) in [6, 6.07) is 11.2. The fourth-order valence-electron chi connectivity index (χ4n) is 1.91. The van der Waals surface area contributed by atoms with Crippen LogP contribution in [0.3, 0.4) is 0 Å². The molecule has 0 heterocycles. The SMILES string of the molecule is COc1ccc(C(=O)OCC(=O)NCc2ccccc2Cl)c(O)c1. The highest BCUT2D eigenvalue weighted by molar-refractivity contribution is 6.31. The van der Waals surface area contributed by atoms with Gasteiger partial charge in [-0.1, -0.05) is 29.8 Å². The van der Waals surface area contributed by atoms with E-state index < -0.39 is 18.5 Å². The van der Waals surface area contributed by atoms with Gasteiger partial charge in [0.15, 0.2) is 6.61 Å². The average Bonchev–Trinajstić information content (AvgIpc) is 2.58. The van der Waals surface area contributed by atoms with Gasteiger partial charge >= 0.3 is 5.97 Å². The summed E-state index contributed by atoms with van der Waals surface area (Å²) >= 11 is 5.98. The number of methoxy groups -OCH3 is 1. The molecule has 0 aliphatic heterocycles. The summed E-state index contributed by atoms with van der Waals surface area (Å²) in [7, 11) is 1.44. The second-order valence-corrected chi connectivity index (χ2v) is 5.23. The highest BCUT2D eigenvalue weighted by Gasteiger charge is 2.15. The van der Waals surface area contributed by atoms with Gasteiger partial charge in [0.25, 0.3) is 5.91 Å². The number of benzene rings is 2. The Hall–Kier alpha value is -2.73. The van der Waals surface area contributed by atoms with E-state index in [0.29, 0.717) is 10.8 Å². The van der Waals surface area contributed by atoms with Crippen LogP contribution in [0.15, 0.2) is 42.5 Å². The Kier molecular flexibility index (Phi) is 6.03. The minimum Gasteiger partial charge on any atom is -0.507 e. The van der Waals surface area contributed by atoms with Crippen LogP contribution in [0, 0.1) is 0 Å². The van der Waals surface area contributed by atoms with E-state index in [9.17, 15) is 14.7 Å². The number of rotatable bonds is 6. The highest BCUT2D eigenvalue weighted by atomic mass is 35.5. The number of hydrogen-bond acceptors (Lipinski definition) is 5. The van der Waals surface area contributed by atoms with E-state index in [1.54, 1.807) is 24.3 Å². The van der Waals surface area contributed by atoms with Gasteiger partial charge in [0.2, 0.25) is 0 Å². The molecule has 7 heteroatoms. The summed E-state index contributed by atoms with van der Waals surface area (Å²) in [6.45, 7) is -0.238. The summed E-state index contributed by atoms with van der Waals surface area (Å²) in [4.78, 5) is 23.6. The van der Waals surface area contributed by atoms with Crippen molar-refractivity contribution in [2.45, 2.75) is 6.54 Å². The Morgan fingerprint density at radius 3 is 2.62 bits per heavy atom. The molecule has 6 nitrogen and oxygen atoms in total. The van der Waals surface area contributed by atoms with E-state index in [4.69, 9.17) is 21.1 Å². The number of aromatic hydroxyl groups is 1. The molecule has 0 spiro atoms. The molecule has 0 bridgehead atoms. The van der Waals surface area contributed by atoms with Crippen molar-refractivity contribution in [3.63, 3.8) is 0 Å². The maximum Gasteiger partial charge on any atom is 0.342 e. The van der Waals surface area contributed by atoms with Crippen molar-refractivity contribution < 1.29 is 24.2 Å². The van der Waals surface area contributed by atoms with Crippen molar-refractivity contribution in [1.82, 2.24) is 5.32 Å². The highest BCUT2D eigenvalue weighted by Crippen LogP contribution is 2.23. The van der Waals surface area contributed by atoms with Crippen molar-refractivity contribution in [1.29, 1.82) is 0 Å². The third kappa shape index (κ3) is 4.63. The maximum atomic E-state index is 11.9. The lowest BCUT2D eigenvalue weighted by atomic mass is 10.2. The van der Waals surface area contributed by atoms with Crippen LogP contribution in [0.1, 0.15) is 15.9 Å². The van der Waals surface area contributed by atoms with E-state index in [1.165, 1.54) is 25.3 Å². The Labute approximate surface area is 144 Å². The minimum atomic E-state index is -0.803. The predicted octanol–water partition coefficient (Wildman–Crippen LogP) is 2.53. The number of ether oxygens (including phenoxy) is 2. The first-order valence-electron chi connectivity index (χ1n) is 7.05. The second kappa shape index (κ2) is 8.21. The van der Waals surface area contributed by atoms with Gasteiger partial charge in [-0.25, -0.2) is 4.79 Å². The van der Waals surface area contributed by atoms with Gasteiger partial charge in [-0.2, -0.15) is 0 Å². The number of phenolic OH excluding ortho intramolecular Hbond substituents is 1. The molecule has 2 aromatic rings. The van der Waals surface area contributed by atoms with E-state index in [2.05, 4.69) is 5.32 Å². The third-order valence-electron chi connectivity index (χ3n) is 3.19. The van der Waals surface area contributed by atoms with Crippen LogP contribution in [0.25, 0.3) is 0 Å². The molecule has 0 saturated carbocycles. The van der Waals surface area contributed by atoms with Gasteiger partial charge < -0.3 is 19.9 Å². The lowest BCUT2D eigenvalue weighted by molar-refractivity contribution is -0.124. The Bertz CT molecular complexity index is 748.